The lowest BCUT2D eigenvalue weighted by atomic mass is 9.44. The first-order valence-electron chi connectivity index (χ1n) is 21.6. The van der Waals surface area contributed by atoms with Crippen LogP contribution in [0.2, 0.25) is 0 Å². The first kappa shape index (κ1) is 39.0. The van der Waals surface area contributed by atoms with Crippen LogP contribution in [-0.2, 0) is 9.53 Å². The van der Waals surface area contributed by atoms with E-state index in [4.69, 9.17) is 4.74 Å². The van der Waals surface area contributed by atoms with Gasteiger partial charge in [0.15, 0.2) is 0 Å². The van der Waals surface area contributed by atoms with Gasteiger partial charge in [-0.2, -0.15) is 0 Å². The van der Waals surface area contributed by atoms with E-state index < -0.39 is 0 Å². The fraction of sp³-hybridized carbons (Fsp3) is 0.933. The van der Waals surface area contributed by atoms with Gasteiger partial charge in [0.2, 0.25) is 0 Å². The van der Waals surface area contributed by atoms with Crippen molar-refractivity contribution in [3.63, 3.8) is 0 Å². The number of fused-ring (bicyclic) bond motifs is 5. The average Bonchev–Trinajstić information content (AvgIpc) is 3.42. The Hall–Kier alpha value is -0.790. The maximum absolute atomic E-state index is 12.4. The molecule has 0 N–H and O–H groups in total. The molecule has 272 valence electrons. The third-order valence-corrected chi connectivity index (χ3v) is 14.9. The van der Waals surface area contributed by atoms with Crippen molar-refractivity contribution in [2.45, 2.75) is 208 Å². The quantitative estimate of drug-likeness (QED) is 0.0661. The minimum atomic E-state index is 0.0273. The molecule has 0 saturated heterocycles. The number of allylic oxidation sites excluding steroid dienone is 2. The van der Waals surface area contributed by atoms with Crippen molar-refractivity contribution in [1.82, 2.24) is 0 Å². The number of hydrogen-bond donors (Lipinski definition) is 0. The second-order valence-corrected chi connectivity index (χ2v) is 18.2. The SMILES string of the molecule is CCCCCCCC/C=C/CCCCCCCC(=O)OCC(C)CCC[C@@H](C)[C@H]1CC[C@H]2[C@@H]3CCC4CCCC[C@]4(C)[C@H]3CC[C@]12C. The van der Waals surface area contributed by atoms with E-state index >= 15 is 0 Å². The van der Waals surface area contributed by atoms with Crippen molar-refractivity contribution in [1.29, 1.82) is 0 Å². The van der Waals surface area contributed by atoms with Crippen LogP contribution in [0, 0.1) is 52.3 Å². The third kappa shape index (κ3) is 11.1. The minimum absolute atomic E-state index is 0.0273. The van der Waals surface area contributed by atoms with Gasteiger partial charge >= 0.3 is 5.97 Å². The topological polar surface area (TPSA) is 26.3 Å². The van der Waals surface area contributed by atoms with Crippen LogP contribution in [0.4, 0.5) is 0 Å². The molecule has 0 aromatic rings. The Bertz CT molecular complexity index is 908. The van der Waals surface area contributed by atoms with E-state index in [2.05, 4.69) is 46.8 Å². The van der Waals surface area contributed by atoms with Gasteiger partial charge in [0, 0.05) is 6.42 Å². The molecular formula is C45H80O2. The molecule has 0 heterocycles. The fourth-order valence-corrected chi connectivity index (χ4v) is 12.0. The summed E-state index contributed by atoms with van der Waals surface area (Å²) < 4.78 is 5.71. The second kappa shape index (κ2) is 20.2. The second-order valence-electron chi connectivity index (χ2n) is 18.2. The molecule has 4 fully saturated rings. The first-order chi connectivity index (χ1) is 22.8. The van der Waals surface area contributed by atoms with E-state index in [1.54, 1.807) is 6.42 Å². The summed E-state index contributed by atoms with van der Waals surface area (Å²) in [6.45, 7) is 13.2. The summed E-state index contributed by atoms with van der Waals surface area (Å²) in [5.74, 6) is 6.33. The lowest BCUT2D eigenvalue weighted by molar-refractivity contribution is -0.145. The Morgan fingerprint density at radius 2 is 1.38 bits per heavy atom. The number of rotatable bonds is 22. The molecule has 4 aliphatic carbocycles. The zero-order valence-electron chi connectivity index (χ0n) is 32.3. The number of carbonyl (C=O) groups is 1. The van der Waals surface area contributed by atoms with Gasteiger partial charge in [-0.25, -0.2) is 0 Å². The largest absolute Gasteiger partial charge is 0.465 e. The predicted molar refractivity (Wildman–Crippen MR) is 202 cm³/mol. The van der Waals surface area contributed by atoms with Crippen LogP contribution < -0.4 is 0 Å². The van der Waals surface area contributed by atoms with Crippen LogP contribution in [0.5, 0.6) is 0 Å². The van der Waals surface area contributed by atoms with E-state index in [1.807, 2.05) is 0 Å². The Morgan fingerprint density at radius 3 is 2.13 bits per heavy atom. The molecule has 0 amide bonds. The Kier molecular flexibility index (Phi) is 16.7. The summed E-state index contributed by atoms with van der Waals surface area (Å²) in [6.07, 6.45) is 41.1. The van der Waals surface area contributed by atoms with Gasteiger partial charge in [-0.1, -0.05) is 124 Å². The van der Waals surface area contributed by atoms with Crippen LogP contribution in [0.3, 0.4) is 0 Å². The molecule has 0 aromatic carbocycles. The van der Waals surface area contributed by atoms with E-state index in [0.717, 1.165) is 48.3 Å². The van der Waals surface area contributed by atoms with Gasteiger partial charge < -0.3 is 4.74 Å². The highest BCUT2D eigenvalue weighted by atomic mass is 16.5. The monoisotopic (exact) mass is 653 g/mol. The highest BCUT2D eigenvalue weighted by Gasteiger charge is 2.60. The lowest BCUT2D eigenvalue weighted by Gasteiger charge is -2.61. The number of ether oxygens (including phenoxy) is 1. The van der Waals surface area contributed by atoms with Crippen molar-refractivity contribution < 1.29 is 9.53 Å². The van der Waals surface area contributed by atoms with Crippen LogP contribution in [0.1, 0.15) is 208 Å². The van der Waals surface area contributed by atoms with Gasteiger partial charge in [0.1, 0.15) is 0 Å². The Balaban J connectivity index is 1.01. The Labute approximate surface area is 293 Å². The highest BCUT2D eigenvalue weighted by molar-refractivity contribution is 5.69. The number of unbranched alkanes of at least 4 members (excludes halogenated alkanes) is 11. The zero-order valence-corrected chi connectivity index (χ0v) is 32.3. The summed E-state index contributed by atoms with van der Waals surface area (Å²) in [5.41, 5.74) is 1.25. The van der Waals surface area contributed by atoms with E-state index in [9.17, 15) is 4.79 Å². The summed E-state index contributed by atoms with van der Waals surface area (Å²) in [5, 5.41) is 0. The molecule has 4 saturated carbocycles. The molecule has 4 rings (SSSR count). The van der Waals surface area contributed by atoms with Gasteiger partial charge in [-0.15, -0.1) is 0 Å². The van der Waals surface area contributed by atoms with Crippen molar-refractivity contribution in [2.75, 3.05) is 6.61 Å². The third-order valence-electron chi connectivity index (χ3n) is 14.9. The normalized spacial score (nSPS) is 33.3. The number of carbonyl (C=O) groups excluding carboxylic acids is 1. The fourth-order valence-electron chi connectivity index (χ4n) is 12.0. The lowest BCUT2D eigenvalue weighted by Crippen LogP contribution is -2.53. The molecule has 47 heavy (non-hydrogen) atoms. The van der Waals surface area contributed by atoms with Crippen molar-refractivity contribution in [3.05, 3.63) is 12.2 Å². The summed E-state index contributed by atoms with van der Waals surface area (Å²) >= 11 is 0. The van der Waals surface area contributed by atoms with Gasteiger partial charge in [-0.05, 0) is 142 Å². The standard InChI is InChI=1S/C45H80O2/c1-6-7-8-9-10-11-12-13-14-15-16-17-18-19-20-27-43(46)47-35-36(2)24-23-25-37(3)40-30-31-41-39-29-28-38-26-21-22-33-44(38,4)42(39)32-34-45(40,41)5/h13-14,36-42H,6-12,15-35H2,1-5H3/b14-13+/t36?,37-,38?,39+,40-,41+,42+,44+,45-/m1/s1. The molecular weight excluding hydrogens is 572 g/mol. The summed E-state index contributed by atoms with van der Waals surface area (Å²) in [4.78, 5) is 12.4. The molecule has 2 unspecified atom stereocenters. The predicted octanol–water partition coefficient (Wildman–Crippen LogP) is 14.1. The molecule has 2 nitrogen and oxygen atoms in total. The van der Waals surface area contributed by atoms with Crippen molar-refractivity contribution >= 4 is 5.97 Å². The van der Waals surface area contributed by atoms with E-state index in [-0.39, 0.29) is 5.97 Å². The maximum Gasteiger partial charge on any atom is 0.305 e. The van der Waals surface area contributed by atoms with Crippen LogP contribution >= 0.6 is 0 Å². The van der Waals surface area contributed by atoms with Crippen molar-refractivity contribution in [3.8, 4) is 0 Å². The number of esters is 1. The zero-order chi connectivity index (χ0) is 33.5. The van der Waals surface area contributed by atoms with Gasteiger partial charge in [0.25, 0.3) is 0 Å². The molecule has 2 heteroatoms. The molecule has 0 bridgehead atoms. The van der Waals surface area contributed by atoms with Crippen LogP contribution in [0.15, 0.2) is 12.2 Å². The van der Waals surface area contributed by atoms with E-state index in [1.165, 1.54) is 148 Å². The molecule has 0 radical (unpaired) electrons. The first-order valence-corrected chi connectivity index (χ1v) is 21.6. The molecule has 0 spiro atoms. The van der Waals surface area contributed by atoms with Crippen molar-refractivity contribution in [2.24, 2.45) is 52.3 Å². The summed E-state index contributed by atoms with van der Waals surface area (Å²) in [7, 11) is 0. The Morgan fingerprint density at radius 1 is 0.702 bits per heavy atom. The molecule has 0 aromatic heterocycles. The number of hydrogen-bond acceptors (Lipinski definition) is 2. The van der Waals surface area contributed by atoms with Crippen LogP contribution in [0.25, 0.3) is 0 Å². The molecule has 4 aliphatic rings. The molecule has 0 aliphatic heterocycles. The smallest absolute Gasteiger partial charge is 0.305 e. The van der Waals surface area contributed by atoms with E-state index in [0.29, 0.717) is 29.8 Å². The molecule has 9 atom stereocenters. The summed E-state index contributed by atoms with van der Waals surface area (Å²) in [6, 6.07) is 0. The van der Waals surface area contributed by atoms with Crippen LogP contribution in [-0.4, -0.2) is 12.6 Å². The minimum Gasteiger partial charge on any atom is -0.465 e. The van der Waals surface area contributed by atoms with Gasteiger partial charge in [0.05, 0.1) is 6.61 Å². The maximum atomic E-state index is 12.4. The van der Waals surface area contributed by atoms with Gasteiger partial charge in [-0.3, -0.25) is 4.79 Å². The highest BCUT2D eigenvalue weighted by Crippen LogP contribution is 2.68. The average molecular weight is 653 g/mol.